The number of rotatable bonds is 1. The van der Waals surface area contributed by atoms with E-state index >= 15 is 0 Å². The van der Waals surface area contributed by atoms with E-state index < -0.39 is 5.60 Å². The Labute approximate surface area is 99.6 Å². The number of thiophene rings is 1. The fraction of sp³-hybridized carbons (Fsp3) is 0.273. The van der Waals surface area contributed by atoms with Crippen LogP contribution in [-0.2, 0) is 10.3 Å². The van der Waals surface area contributed by atoms with E-state index in [-0.39, 0.29) is 0 Å². The van der Waals surface area contributed by atoms with Gasteiger partial charge in [-0.15, -0.1) is 11.3 Å². The minimum atomic E-state index is -0.740. The van der Waals surface area contributed by atoms with E-state index in [1.54, 1.807) is 11.3 Å². The van der Waals surface area contributed by atoms with Crippen LogP contribution in [0.3, 0.4) is 0 Å². The van der Waals surface area contributed by atoms with Gasteiger partial charge in [-0.25, -0.2) is 0 Å². The predicted molar refractivity (Wildman–Crippen MR) is 64.2 cm³/mol. The number of benzene rings is 1. The highest BCUT2D eigenvalue weighted by atomic mass is 79.9. The highest BCUT2D eigenvalue weighted by molar-refractivity contribution is 9.10. The highest BCUT2D eigenvalue weighted by Crippen LogP contribution is 2.38. The Morgan fingerprint density at radius 2 is 2.13 bits per heavy atom. The van der Waals surface area contributed by atoms with Gasteiger partial charge in [0.2, 0.25) is 0 Å². The van der Waals surface area contributed by atoms with Crippen LogP contribution in [0.1, 0.15) is 4.88 Å². The first-order valence-corrected chi connectivity index (χ1v) is 6.28. The number of fused-ring (bicyclic) bond motifs is 1. The molecule has 3 rings (SSSR count). The molecule has 0 unspecified atom stereocenters. The van der Waals surface area contributed by atoms with Crippen molar-refractivity contribution in [2.45, 2.75) is 5.60 Å². The van der Waals surface area contributed by atoms with Gasteiger partial charge in [0.05, 0.1) is 13.2 Å². The zero-order chi connectivity index (χ0) is 10.5. The van der Waals surface area contributed by atoms with Gasteiger partial charge in [-0.1, -0.05) is 15.9 Å². The average molecular weight is 285 g/mol. The van der Waals surface area contributed by atoms with Crippen molar-refractivity contribution in [2.24, 2.45) is 0 Å². The third-order valence-corrected chi connectivity index (χ3v) is 4.42. The molecule has 0 aliphatic carbocycles. The summed E-state index contributed by atoms with van der Waals surface area (Å²) in [6.07, 6.45) is 0. The molecule has 0 atom stereocenters. The van der Waals surface area contributed by atoms with Crippen LogP contribution in [0.15, 0.2) is 28.7 Å². The maximum atomic E-state index is 10.1. The fourth-order valence-electron chi connectivity index (χ4n) is 1.68. The normalized spacial score (nSPS) is 19.1. The summed E-state index contributed by atoms with van der Waals surface area (Å²) in [7, 11) is 0. The number of hydrogen-bond donors (Lipinski definition) is 1. The van der Waals surface area contributed by atoms with Gasteiger partial charge in [0, 0.05) is 14.0 Å². The van der Waals surface area contributed by atoms with Gasteiger partial charge < -0.3 is 9.84 Å². The lowest BCUT2D eigenvalue weighted by Gasteiger charge is -2.35. The summed E-state index contributed by atoms with van der Waals surface area (Å²) >= 11 is 5.08. The third-order valence-electron chi connectivity index (χ3n) is 2.62. The second kappa shape index (κ2) is 3.28. The van der Waals surface area contributed by atoms with Crippen molar-refractivity contribution in [3.05, 3.63) is 33.6 Å². The monoisotopic (exact) mass is 284 g/mol. The van der Waals surface area contributed by atoms with Crippen molar-refractivity contribution in [3.8, 4) is 0 Å². The molecule has 1 N–H and O–H groups in total. The van der Waals surface area contributed by atoms with Crippen molar-refractivity contribution in [3.63, 3.8) is 0 Å². The Morgan fingerprint density at radius 1 is 1.33 bits per heavy atom. The minimum Gasteiger partial charge on any atom is -0.379 e. The van der Waals surface area contributed by atoms with Crippen LogP contribution in [0, 0.1) is 0 Å². The molecule has 1 aromatic heterocycles. The minimum absolute atomic E-state index is 0.418. The molecule has 0 amide bonds. The van der Waals surface area contributed by atoms with Crippen LogP contribution in [0.2, 0.25) is 0 Å². The molecule has 1 aliphatic heterocycles. The van der Waals surface area contributed by atoms with E-state index in [1.165, 1.54) is 10.1 Å². The smallest absolute Gasteiger partial charge is 0.145 e. The summed E-state index contributed by atoms with van der Waals surface area (Å²) in [6.45, 7) is 0.835. The summed E-state index contributed by atoms with van der Waals surface area (Å²) in [5, 5.41) is 11.3. The fourth-order valence-corrected chi connectivity index (χ4v) is 3.16. The topological polar surface area (TPSA) is 29.5 Å². The van der Waals surface area contributed by atoms with Gasteiger partial charge in [-0.2, -0.15) is 0 Å². The molecule has 4 heteroatoms. The molecule has 0 bridgehead atoms. The molecule has 1 aliphatic rings. The molecular weight excluding hydrogens is 276 g/mol. The molecule has 0 spiro atoms. The second-order valence-electron chi connectivity index (χ2n) is 3.82. The maximum Gasteiger partial charge on any atom is 0.145 e. The lowest BCUT2D eigenvalue weighted by molar-refractivity contribution is -0.182. The lowest BCUT2D eigenvalue weighted by Crippen LogP contribution is -2.45. The summed E-state index contributed by atoms with van der Waals surface area (Å²) in [4.78, 5) is 1.00. The van der Waals surface area contributed by atoms with E-state index in [9.17, 15) is 5.11 Å². The lowest BCUT2D eigenvalue weighted by atomic mass is 10.00. The molecular formula is C11H9BrO2S. The summed E-state index contributed by atoms with van der Waals surface area (Å²) in [5.74, 6) is 0. The Balaban J connectivity index is 2.14. The van der Waals surface area contributed by atoms with Gasteiger partial charge in [-0.3, -0.25) is 0 Å². The molecule has 0 radical (unpaired) electrons. The van der Waals surface area contributed by atoms with Gasteiger partial charge in [-0.05, 0) is 29.7 Å². The molecule has 15 heavy (non-hydrogen) atoms. The first kappa shape index (κ1) is 9.78. The third kappa shape index (κ3) is 1.52. The Morgan fingerprint density at radius 3 is 2.80 bits per heavy atom. The van der Waals surface area contributed by atoms with E-state index in [4.69, 9.17) is 4.74 Å². The van der Waals surface area contributed by atoms with Gasteiger partial charge in [0.1, 0.15) is 5.60 Å². The van der Waals surface area contributed by atoms with Crippen molar-refractivity contribution in [2.75, 3.05) is 13.2 Å². The SMILES string of the molecule is OC1(c2cc3cc(Br)ccc3s2)COC1. The molecule has 1 aromatic carbocycles. The number of aliphatic hydroxyl groups is 1. The molecule has 0 saturated carbocycles. The quantitative estimate of drug-likeness (QED) is 0.873. The molecule has 1 fully saturated rings. The summed E-state index contributed by atoms with van der Waals surface area (Å²) in [6, 6.07) is 8.20. The average Bonchev–Trinajstić information content (AvgIpc) is 2.57. The van der Waals surface area contributed by atoms with E-state index in [1.807, 2.05) is 12.1 Å². The first-order chi connectivity index (χ1) is 7.17. The van der Waals surface area contributed by atoms with E-state index in [0.29, 0.717) is 13.2 Å². The molecule has 78 valence electrons. The predicted octanol–water partition coefficient (Wildman–Crippen LogP) is 2.88. The van der Waals surface area contributed by atoms with Crippen LogP contribution in [-0.4, -0.2) is 18.3 Å². The summed E-state index contributed by atoms with van der Waals surface area (Å²) < 4.78 is 7.33. The Bertz CT molecular complexity index is 516. The van der Waals surface area contributed by atoms with Crippen molar-refractivity contribution in [1.82, 2.24) is 0 Å². The van der Waals surface area contributed by atoms with Crippen molar-refractivity contribution >= 4 is 37.4 Å². The van der Waals surface area contributed by atoms with Crippen molar-refractivity contribution < 1.29 is 9.84 Å². The molecule has 2 nitrogen and oxygen atoms in total. The Kier molecular flexibility index (Phi) is 2.14. The van der Waals surface area contributed by atoms with E-state index in [2.05, 4.69) is 28.1 Å². The Hall–Kier alpha value is -0.420. The van der Waals surface area contributed by atoms with E-state index in [0.717, 1.165) is 9.35 Å². The number of ether oxygens (including phenoxy) is 1. The molecule has 1 saturated heterocycles. The van der Waals surface area contributed by atoms with Crippen LogP contribution >= 0.6 is 27.3 Å². The number of halogens is 1. The van der Waals surface area contributed by atoms with Crippen LogP contribution in [0.5, 0.6) is 0 Å². The molecule has 2 heterocycles. The van der Waals surface area contributed by atoms with Crippen LogP contribution in [0.4, 0.5) is 0 Å². The first-order valence-electron chi connectivity index (χ1n) is 4.67. The summed E-state index contributed by atoms with van der Waals surface area (Å²) in [5.41, 5.74) is -0.740. The van der Waals surface area contributed by atoms with Crippen molar-refractivity contribution in [1.29, 1.82) is 0 Å². The van der Waals surface area contributed by atoms with Gasteiger partial charge in [0.25, 0.3) is 0 Å². The van der Waals surface area contributed by atoms with Crippen LogP contribution < -0.4 is 0 Å². The largest absolute Gasteiger partial charge is 0.379 e. The number of hydrogen-bond acceptors (Lipinski definition) is 3. The van der Waals surface area contributed by atoms with Gasteiger partial charge in [0.15, 0.2) is 0 Å². The second-order valence-corrected chi connectivity index (χ2v) is 5.82. The maximum absolute atomic E-state index is 10.1. The van der Waals surface area contributed by atoms with Gasteiger partial charge >= 0.3 is 0 Å². The highest BCUT2D eigenvalue weighted by Gasteiger charge is 2.39. The zero-order valence-electron chi connectivity index (χ0n) is 7.87. The zero-order valence-corrected chi connectivity index (χ0v) is 10.3. The molecule has 2 aromatic rings. The standard InChI is InChI=1S/C11H9BrO2S/c12-8-1-2-9-7(3-8)4-10(15-9)11(13)5-14-6-11/h1-4,13H,5-6H2. The van der Waals surface area contributed by atoms with Crippen LogP contribution in [0.25, 0.3) is 10.1 Å².